The molecule has 2 heterocycles. The predicted octanol–water partition coefficient (Wildman–Crippen LogP) is 5.84. The van der Waals surface area contributed by atoms with Crippen molar-refractivity contribution in [2.75, 3.05) is 38.2 Å². The highest BCUT2D eigenvalue weighted by Crippen LogP contribution is 2.28. The zero-order chi connectivity index (χ0) is 28.1. The van der Waals surface area contributed by atoms with E-state index in [0.717, 1.165) is 66.8 Å². The molecule has 206 valence electrons. The molecule has 0 bridgehead atoms. The van der Waals surface area contributed by atoms with E-state index in [4.69, 9.17) is 16.3 Å². The molecule has 0 aliphatic carbocycles. The first-order chi connectivity index (χ1) is 19.4. The van der Waals surface area contributed by atoms with Crippen LogP contribution in [0.25, 0.3) is 5.69 Å². The van der Waals surface area contributed by atoms with Crippen molar-refractivity contribution in [3.63, 3.8) is 0 Å². The number of piperazine rings is 1. The van der Waals surface area contributed by atoms with E-state index in [1.165, 1.54) is 5.56 Å². The minimum Gasteiger partial charge on any atom is -0.495 e. The lowest BCUT2D eigenvalue weighted by atomic mass is 10.1. The Hall–Kier alpha value is -4.07. The minimum absolute atomic E-state index is 0.236. The number of nitrogens with zero attached hydrogens (tertiary/aromatic N) is 4. The summed E-state index contributed by atoms with van der Waals surface area (Å²) >= 11 is 6.04. The van der Waals surface area contributed by atoms with E-state index < -0.39 is 0 Å². The standard InChI is InChI=1S/C32H34ClN5O2/c1-23-20-27(24(2)38(23)29-14-12-28(33)13-15-29)21-34-35-32(39)26-10-8-25(9-11-26)22-36-16-18-37(19-17-36)30-6-4-5-7-31(30)40-3/h4-15,20-21H,16-19,22H2,1-3H3,(H,35,39)/b34-21-. The monoisotopic (exact) mass is 555 g/mol. The molecule has 1 fully saturated rings. The van der Waals surface area contributed by atoms with Gasteiger partial charge in [0.25, 0.3) is 5.91 Å². The first kappa shape index (κ1) is 27.5. The van der Waals surface area contributed by atoms with Gasteiger partial charge in [-0.2, -0.15) is 5.10 Å². The van der Waals surface area contributed by atoms with E-state index in [0.29, 0.717) is 10.6 Å². The van der Waals surface area contributed by atoms with Crippen molar-refractivity contribution in [3.8, 4) is 11.4 Å². The molecule has 1 saturated heterocycles. The Morgan fingerprint density at radius 2 is 1.68 bits per heavy atom. The summed E-state index contributed by atoms with van der Waals surface area (Å²) in [4.78, 5) is 17.5. The molecule has 8 heteroatoms. The zero-order valence-electron chi connectivity index (χ0n) is 23.1. The second-order valence-electron chi connectivity index (χ2n) is 9.97. The Balaban J connectivity index is 1.14. The van der Waals surface area contributed by atoms with E-state index >= 15 is 0 Å². The fourth-order valence-corrected chi connectivity index (χ4v) is 5.31. The molecule has 0 unspecified atom stereocenters. The molecule has 1 amide bonds. The lowest BCUT2D eigenvalue weighted by Gasteiger charge is -2.36. The van der Waals surface area contributed by atoms with Crippen LogP contribution in [0, 0.1) is 13.8 Å². The molecule has 0 spiro atoms. The molecule has 4 aromatic rings. The molecule has 3 aromatic carbocycles. The van der Waals surface area contributed by atoms with Crippen LogP contribution in [0.5, 0.6) is 5.75 Å². The number of aryl methyl sites for hydroxylation is 1. The largest absolute Gasteiger partial charge is 0.495 e. The Bertz CT molecular complexity index is 1490. The maximum absolute atomic E-state index is 12.7. The Kier molecular flexibility index (Phi) is 8.53. The number of hydrogen-bond acceptors (Lipinski definition) is 5. The van der Waals surface area contributed by atoms with Gasteiger partial charge in [-0.25, -0.2) is 5.43 Å². The highest BCUT2D eigenvalue weighted by atomic mass is 35.5. The van der Waals surface area contributed by atoms with E-state index in [-0.39, 0.29) is 5.91 Å². The van der Waals surface area contributed by atoms with Crippen molar-refractivity contribution in [2.24, 2.45) is 5.10 Å². The normalized spacial score (nSPS) is 14.1. The van der Waals surface area contributed by atoms with Crippen molar-refractivity contribution in [3.05, 3.63) is 112 Å². The van der Waals surface area contributed by atoms with Crippen molar-refractivity contribution in [1.82, 2.24) is 14.9 Å². The maximum Gasteiger partial charge on any atom is 0.271 e. The summed E-state index contributed by atoms with van der Waals surface area (Å²) in [7, 11) is 1.72. The molecule has 0 saturated carbocycles. The highest BCUT2D eigenvalue weighted by molar-refractivity contribution is 6.30. The number of halogens is 1. The van der Waals surface area contributed by atoms with E-state index in [1.807, 2.05) is 80.6 Å². The molecule has 5 rings (SSSR count). The van der Waals surface area contributed by atoms with Gasteiger partial charge in [0.1, 0.15) is 5.75 Å². The van der Waals surface area contributed by atoms with Gasteiger partial charge in [0.15, 0.2) is 0 Å². The molecular weight excluding hydrogens is 522 g/mol. The molecular formula is C32H34ClN5O2. The average molecular weight is 556 g/mol. The zero-order valence-corrected chi connectivity index (χ0v) is 23.9. The average Bonchev–Trinajstić information content (AvgIpc) is 3.26. The SMILES string of the molecule is COc1ccccc1N1CCN(Cc2ccc(C(=O)N/N=C\c3cc(C)n(-c4ccc(Cl)cc4)c3C)cc2)CC1. The summed E-state index contributed by atoms with van der Waals surface area (Å²) < 4.78 is 7.66. The second kappa shape index (κ2) is 12.4. The number of carbonyl (C=O) groups is 1. The second-order valence-corrected chi connectivity index (χ2v) is 10.4. The van der Waals surface area contributed by atoms with Crippen LogP contribution in [0.3, 0.4) is 0 Å². The highest BCUT2D eigenvalue weighted by Gasteiger charge is 2.19. The summed E-state index contributed by atoms with van der Waals surface area (Å²) in [5, 5.41) is 4.92. The number of carbonyl (C=O) groups excluding carboxylic acids is 1. The molecule has 40 heavy (non-hydrogen) atoms. The maximum atomic E-state index is 12.7. The fourth-order valence-electron chi connectivity index (χ4n) is 5.19. The number of ether oxygens (including phenoxy) is 1. The lowest BCUT2D eigenvalue weighted by molar-refractivity contribution is 0.0955. The summed E-state index contributed by atoms with van der Waals surface area (Å²) in [6.07, 6.45) is 1.69. The number of anilines is 1. The molecule has 1 N–H and O–H groups in total. The predicted molar refractivity (Wildman–Crippen MR) is 162 cm³/mol. The van der Waals surface area contributed by atoms with Crippen molar-refractivity contribution < 1.29 is 9.53 Å². The van der Waals surface area contributed by atoms with Crippen LogP contribution < -0.4 is 15.1 Å². The van der Waals surface area contributed by atoms with Crippen LogP contribution in [0.4, 0.5) is 5.69 Å². The van der Waals surface area contributed by atoms with E-state index in [9.17, 15) is 4.79 Å². The minimum atomic E-state index is -0.236. The Morgan fingerprint density at radius 1 is 0.975 bits per heavy atom. The van der Waals surface area contributed by atoms with Crippen molar-refractivity contribution in [2.45, 2.75) is 20.4 Å². The molecule has 1 aromatic heterocycles. The quantitative estimate of drug-likeness (QED) is 0.219. The molecule has 1 aliphatic rings. The van der Waals surface area contributed by atoms with Gasteiger partial charge < -0.3 is 14.2 Å². The topological polar surface area (TPSA) is 62.1 Å². The van der Waals surface area contributed by atoms with Crippen molar-refractivity contribution >= 4 is 29.4 Å². The Labute approximate surface area is 240 Å². The van der Waals surface area contributed by atoms with Crippen LogP contribution in [-0.2, 0) is 6.54 Å². The summed E-state index contributed by atoms with van der Waals surface area (Å²) in [5.41, 5.74) is 9.64. The van der Waals surface area contributed by atoms with Crippen molar-refractivity contribution in [1.29, 1.82) is 0 Å². The number of hydrazone groups is 1. The van der Waals surface area contributed by atoms with Crippen LogP contribution in [0.1, 0.15) is 32.9 Å². The third-order valence-electron chi connectivity index (χ3n) is 7.35. The number of para-hydroxylation sites is 2. The molecule has 0 radical (unpaired) electrons. The summed E-state index contributed by atoms with van der Waals surface area (Å²) in [5.74, 6) is 0.676. The number of rotatable bonds is 8. The molecule has 1 aliphatic heterocycles. The first-order valence-corrected chi connectivity index (χ1v) is 13.8. The lowest BCUT2D eigenvalue weighted by Crippen LogP contribution is -2.46. The van der Waals surface area contributed by atoms with E-state index in [1.54, 1.807) is 13.3 Å². The van der Waals surface area contributed by atoms with Gasteiger partial charge in [-0.05, 0) is 74.0 Å². The van der Waals surface area contributed by atoms with Gasteiger partial charge in [0.2, 0.25) is 0 Å². The van der Waals surface area contributed by atoms with Gasteiger partial charge in [-0.3, -0.25) is 9.69 Å². The Morgan fingerprint density at radius 3 is 2.38 bits per heavy atom. The van der Waals surface area contributed by atoms with Gasteiger partial charge in [-0.15, -0.1) is 0 Å². The molecule has 0 atom stereocenters. The molecule has 7 nitrogen and oxygen atoms in total. The van der Waals surface area contributed by atoms with Crippen LogP contribution in [0.2, 0.25) is 5.02 Å². The van der Waals surface area contributed by atoms with Crippen LogP contribution in [0.15, 0.2) is 84.0 Å². The first-order valence-electron chi connectivity index (χ1n) is 13.4. The van der Waals surface area contributed by atoms with Gasteiger partial charge >= 0.3 is 0 Å². The summed E-state index contributed by atoms with van der Waals surface area (Å²) in [6.45, 7) is 8.74. The number of benzene rings is 3. The van der Waals surface area contributed by atoms with Crippen LogP contribution in [-0.4, -0.2) is 54.9 Å². The number of nitrogens with one attached hydrogen (secondary N) is 1. The van der Waals surface area contributed by atoms with Gasteiger partial charge in [-0.1, -0.05) is 35.9 Å². The van der Waals surface area contributed by atoms with Crippen LogP contribution >= 0.6 is 11.6 Å². The third-order valence-corrected chi connectivity index (χ3v) is 7.60. The summed E-state index contributed by atoms with van der Waals surface area (Å²) in [6, 6.07) is 25.7. The number of aromatic nitrogens is 1. The number of hydrogen-bond donors (Lipinski definition) is 1. The van der Waals surface area contributed by atoms with E-state index in [2.05, 4.69) is 37.0 Å². The van der Waals surface area contributed by atoms with Gasteiger partial charge in [0.05, 0.1) is 19.0 Å². The van der Waals surface area contributed by atoms with Gasteiger partial charge in [0, 0.05) is 65.9 Å². The smallest absolute Gasteiger partial charge is 0.271 e. The number of amides is 1. The third kappa shape index (κ3) is 6.22. The number of methoxy groups -OCH3 is 1. The fraction of sp³-hybridized carbons (Fsp3) is 0.250.